The average molecular weight is 477 g/mol. The van der Waals surface area contributed by atoms with E-state index in [1.165, 1.54) is 13.8 Å². The van der Waals surface area contributed by atoms with Crippen LogP contribution in [0, 0.1) is 39.9 Å². The van der Waals surface area contributed by atoms with Gasteiger partial charge in [0.05, 0.1) is 24.0 Å². The largest absolute Gasteiger partial charge is 0.481 e. The number of carbonyl (C=O) groups is 4. The molecular weight excluding hydrogens is 440 g/mol. The lowest BCUT2D eigenvalue weighted by Crippen LogP contribution is -2.75. The molecule has 0 radical (unpaired) electrons. The number of carbonyl (C=O) groups excluding carboxylic acids is 2. The Morgan fingerprint density at radius 2 is 1.12 bits per heavy atom. The first-order chi connectivity index (χ1) is 15.7. The van der Waals surface area contributed by atoms with Crippen LogP contribution < -0.4 is 0 Å². The van der Waals surface area contributed by atoms with E-state index in [1.807, 2.05) is 0 Å². The summed E-state index contributed by atoms with van der Waals surface area (Å²) in [4.78, 5) is 50.6. The predicted molar refractivity (Wildman–Crippen MR) is 123 cm³/mol. The molecule has 0 amide bonds. The number of hydrogen-bond acceptors (Lipinski definition) is 6. The quantitative estimate of drug-likeness (QED) is 0.360. The minimum Gasteiger partial charge on any atom is -0.481 e. The van der Waals surface area contributed by atoms with Crippen LogP contribution in [0.15, 0.2) is 24.3 Å². The van der Waals surface area contributed by atoms with Crippen molar-refractivity contribution in [3.8, 4) is 0 Å². The number of hydrogen-bond donors (Lipinski definition) is 2. The molecule has 8 nitrogen and oxygen atoms in total. The van der Waals surface area contributed by atoms with E-state index in [2.05, 4.69) is 13.2 Å². The number of carboxylic acids is 2. The molecule has 2 atom stereocenters. The second-order valence-corrected chi connectivity index (χ2v) is 11.0. The summed E-state index contributed by atoms with van der Waals surface area (Å²) >= 11 is 0. The lowest BCUT2D eigenvalue weighted by molar-refractivity contribution is -0.281. The van der Waals surface area contributed by atoms with E-state index < -0.39 is 52.0 Å². The third-order valence-corrected chi connectivity index (χ3v) is 8.80. The zero-order valence-electron chi connectivity index (χ0n) is 20.5. The van der Waals surface area contributed by atoms with Crippen LogP contribution in [-0.4, -0.2) is 47.3 Å². The zero-order valence-corrected chi connectivity index (χ0v) is 20.5. The van der Waals surface area contributed by atoms with E-state index >= 15 is 0 Å². The van der Waals surface area contributed by atoms with Crippen LogP contribution in [0.1, 0.15) is 59.8 Å². The van der Waals surface area contributed by atoms with Crippen molar-refractivity contribution in [2.75, 3.05) is 13.2 Å². The average Bonchev–Trinajstić information content (AvgIpc) is 2.74. The van der Waals surface area contributed by atoms with Gasteiger partial charge in [-0.3, -0.25) is 9.59 Å². The summed E-state index contributed by atoms with van der Waals surface area (Å²) < 4.78 is 10.9. The van der Waals surface area contributed by atoms with Crippen LogP contribution >= 0.6 is 0 Å². The van der Waals surface area contributed by atoms with Crippen LogP contribution in [-0.2, 0) is 28.7 Å². The predicted octanol–water partition coefficient (Wildman–Crippen LogP) is 3.85. The van der Waals surface area contributed by atoms with Gasteiger partial charge in [-0.2, -0.15) is 0 Å². The van der Waals surface area contributed by atoms with Crippen LogP contribution in [0.3, 0.4) is 0 Å². The summed E-state index contributed by atoms with van der Waals surface area (Å²) in [6.45, 7) is 13.4. The number of esters is 2. The first-order valence-electron chi connectivity index (χ1n) is 11.9. The summed E-state index contributed by atoms with van der Waals surface area (Å²) in [5.41, 5.74) is -3.57. The van der Waals surface area contributed by atoms with Crippen molar-refractivity contribution in [3.63, 3.8) is 0 Å². The van der Waals surface area contributed by atoms with Gasteiger partial charge in [0, 0.05) is 16.6 Å². The molecule has 4 fully saturated rings. The van der Waals surface area contributed by atoms with Gasteiger partial charge in [0.1, 0.15) is 0 Å². The molecule has 188 valence electrons. The van der Waals surface area contributed by atoms with Gasteiger partial charge in [0.25, 0.3) is 0 Å². The Labute approximate surface area is 200 Å². The summed E-state index contributed by atoms with van der Waals surface area (Å²) in [7, 11) is 0. The highest BCUT2D eigenvalue weighted by atomic mass is 16.5. The van der Waals surface area contributed by atoms with Crippen LogP contribution in [0.25, 0.3) is 0 Å². The van der Waals surface area contributed by atoms with E-state index in [0.717, 1.165) is 6.42 Å². The smallest absolute Gasteiger partial charge is 0.333 e. The highest BCUT2D eigenvalue weighted by Crippen LogP contribution is 2.78. The Morgan fingerprint density at radius 1 is 0.794 bits per heavy atom. The zero-order chi connectivity index (χ0) is 25.6. The van der Waals surface area contributed by atoms with E-state index in [1.54, 1.807) is 13.8 Å². The highest BCUT2D eigenvalue weighted by molar-refractivity contribution is 5.87. The molecule has 0 aliphatic heterocycles. The SMILES string of the molecule is C=C(C)C(=O)OCC(C)C1(C(C)COC(=O)C(=C)C)C2(C(=O)O)CC3CC(C2)CC1(C(=O)O)C3. The minimum atomic E-state index is -1.33. The van der Waals surface area contributed by atoms with Gasteiger partial charge in [-0.1, -0.05) is 27.0 Å². The van der Waals surface area contributed by atoms with Crippen molar-refractivity contribution in [3.05, 3.63) is 24.3 Å². The topological polar surface area (TPSA) is 127 Å². The molecule has 34 heavy (non-hydrogen) atoms. The molecule has 0 saturated heterocycles. The minimum absolute atomic E-state index is 0.00293. The lowest BCUT2D eigenvalue weighted by Gasteiger charge is -2.72. The van der Waals surface area contributed by atoms with E-state index in [0.29, 0.717) is 25.7 Å². The molecule has 0 spiro atoms. The molecule has 2 N–H and O–H groups in total. The standard InChI is InChI=1S/C26H36O8/c1-14(2)20(27)33-12-16(5)26(17(6)13-34-21(28)15(3)4)24(22(29)30)8-18-7-19(10-24)11-25(26,9-18)23(31)32/h16-19H,1,3,7-13H2,2,4-6H3,(H,29,30)(H,31,32). The molecule has 4 aliphatic rings. The van der Waals surface area contributed by atoms with Crippen molar-refractivity contribution in [1.82, 2.24) is 0 Å². The summed E-state index contributed by atoms with van der Waals surface area (Å²) in [6, 6.07) is 0. The molecule has 0 aromatic carbocycles. The normalized spacial score (nSPS) is 35.2. The van der Waals surface area contributed by atoms with Crippen molar-refractivity contribution >= 4 is 23.9 Å². The van der Waals surface area contributed by atoms with Gasteiger partial charge < -0.3 is 19.7 Å². The van der Waals surface area contributed by atoms with Gasteiger partial charge in [-0.25, -0.2) is 9.59 Å². The fraction of sp³-hybridized carbons (Fsp3) is 0.692. The van der Waals surface area contributed by atoms with E-state index in [-0.39, 0.29) is 36.2 Å². The number of carboxylic acid groups (broad SMARTS) is 2. The molecule has 0 heterocycles. The monoisotopic (exact) mass is 476 g/mol. The number of aliphatic carboxylic acids is 2. The number of ether oxygens (including phenoxy) is 2. The Kier molecular flexibility index (Phi) is 6.77. The molecule has 4 saturated carbocycles. The van der Waals surface area contributed by atoms with Crippen LogP contribution in [0.5, 0.6) is 0 Å². The molecule has 0 aromatic rings. The fourth-order valence-electron chi connectivity index (χ4n) is 8.21. The Bertz CT molecular complexity index is 845. The van der Waals surface area contributed by atoms with Gasteiger partial charge in [0.2, 0.25) is 0 Å². The first-order valence-corrected chi connectivity index (χ1v) is 11.9. The van der Waals surface area contributed by atoms with Crippen molar-refractivity contribution in [2.45, 2.75) is 59.8 Å². The number of rotatable bonds is 10. The summed E-state index contributed by atoms with van der Waals surface area (Å²) in [5, 5.41) is 21.4. The van der Waals surface area contributed by atoms with Gasteiger partial charge >= 0.3 is 23.9 Å². The molecular formula is C26H36O8. The third-order valence-electron chi connectivity index (χ3n) is 8.80. The lowest BCUT2D eigenvalue weighted by atomic mass is 9.29. The van der Waals surface area contributed by atoms with Crippen molar-refractivity contribution in [1.29, 1.82) is 0 Å². The van der Waals surface area contributed by atoms with Gasteiger partial charge in [-0.05, 0) is 69.6 Å². The highest BCUT2D eigenvalue weighted by Gasteiger charge is 2.79. The second kappa shape index (κ2) is 8.86. The Balaban J connectivity index is 2.18. The van der Waals surface area contributed by atoms with E-state index in [4.69, 9.17) is 9.47 Å². The second-order valence-electron chi connectivity index (χ2n) is 11.0. The first kappa shape index (κ1) is 26.0. The van der Waals surface area contributed by atoms with Gasteiger partial charge in [0.15, 0.2) is 0 Å². The van der Waals surface area contributed by atoms with Crippen LogP contribution in [0.4, 0.5) is 0 Å². The van der Waals surface area contributed by atoms with Crippen LogP contribution in [0.2, 0.25) is 0 Å². The Hall–Kier alpha value is -2.64. The Morgan fingerprint density at radius 3 is 1.38 bits per heavy atom. The molecule has 4 bridgehead atoms. The maximum absolute atomic E-state index is 13.1. The molecule has 4 aliphatic carbocycles. The maximum Gasteiger partial charge on any atom is 0.333 e. The molecule has 2 unspecified atom stereocenters. The fourth-order valence-corrected chi connectivity index (χ4v) is 8.21. The third kappa shape index (κ3) is 3.57. The van der Waals surface area contributed by atoms with Crippen molar-refractivity contribution in [2.24, 2.45) is 39.9 Å². The summed E-state index contributed by atoms with van der Waals surface area (Å²) in [6.07, 6.45) is 2.30. The van der Waals surface area contributed by atoms with E-state index in [9.17, 15) is 29.4 Å². The maximum atomic E-state index is 13.1. The molecule has 0 aromatic heterocycles. The molecule has 4 rings (SSSR count). The molecule has 8 heteroatoms. The summed E-state index contributed by atoms with van der Waals surface area (Å²) in [5.74, 6) is -4.51. The van der Waals surface area contributed by atoms with Gasteiger partial charge in [-0.15, -0.1) is 0 Å². The van der Waals surface area contributed by atoms with Crippen molar-refractivity contribution < 1.29 is 38.9 Å².